The number of carboxylic acids is 1. The largest absolute Gasteiger partial charge is 0.480 e. The van der Waals surface area contributed by atoms with E-state index in [0.29, 0.717) is 0 Å². The highest BCUT2D eigenvalue weighted by atomic mass is 16.6. The molecular formula is C11H18N4O6. The van der Waals surface area contributed by atoms with Crippen molar-refractivity contribution in [1.29, 1.82) is 0 Å². The third-order valence-corrected chi connectivity index (χ3v) is 3.45. The third kappa shape index (κ3) is 3.08. The number of ketones is 2. The molecule has 0 aromatic heterocycles. The topological polar surface area (TPSA) is 205 Å². The molecule has 1 aliphatic rings. The van der Waals surface area contributed by atoms with Crippen LogP contribution in [0, 0.1) is 0 Å². The van der Waals surface area contributed by atoms with Crippen LogP contribution < -0.4 is 22.9 Å². The molecule has 0 radical (unpaired) electrons. The molecule has 0 aromatic carbocycles. The Labute approximate surface area is 119 Å². The van der Waals surface area contributed by atoms with Gasteiger partial charge in [-0.25, -0.2) is 4.79 Å². The fraction of sp³-hybridized carbons (Fsp3) is 0.636. The van der Waals surface area contributed by atoms with E-state index in [1.165, 1.54) is 6.92 Å². The van der Waals surface area contributed by atoms with Crippen molar-refractivity contribution in [2.45, 2.75) is 43.2 Å². The predicted molar refractivity (Wildman–Crippen MR) is 68.7 cm³/mol. The van der Waals surface area contributed by atoms with Gasteiger partial charge in [0.25, 0.3) is 0 Å². The van der Waals surface area contributed by atoms with Crippen molar-refractivity contribution in [2.75, 3.05) is 0 Å². The number of rotatable bonds is 8. The Morgan fingerprint density at radius 2 is 1.71 bits per heavy atom. The smallest absolute Gasteiger partial charge is 0.331 e. The van der Waals surface area contributed by atoms with Crippen molar-refractivity contribution in [3.05, 3.63) is 0 Å². The van der Waals surface area contributed by atoms with E-state index < -0.39 is 53.3 Å². The van der Waals surface area contributed by atoms with Gasteiger partial charge in [0.2, 0.25) is 5.91 Å². The summed E-state index contributed by atoms with van der Waals surface area (Å²) in [7, 11) is 0. The van der Waals surface area contributed by atoms with Gasteiger partial charge in [-0.1, -0.05) is 6.92 Å². The number of amides is 1. The standard InChI is InChI=1S/C11H18N4O6/c1-2-11(15,10(19)20)8(17)4(13)3(12)5(16)6-7(21-6)9(14)18/h3-4,6-7H,2,12-13,15H2,1H3,(H2,14,18)(H,19,20)/t3?,4?,6?,7-,11?/m0/s1. The quantitative estimate of drug-likeness (QED) is 0.220. The average molecular weight is 302 g/mol. The molecule has 0 spiro atoms. The lowest BCUT2D eigenvalue weighted by molar-refractivity contribution is -0.149. The summed E-state index contributed by atoms with van der Waals surface area (Å²) < 4.78 is 4.73. The van der Waals surface area contributed by atoms with Gasteiger partial charge in [-0.05, 0) is 6.42 Å². The Kier molecular flexibility index (Phi) is 4.79. The highest BCUT2D eigenvalue weighted by Gasteiger charge is 2.53. The summed E-state index contributed by atoms with van der Waals surface area (Å²) in [5.74, 6) is -4.28. The van der Waals surface area contributed by atoms with Gasteiger partial charge >= 0.3 is 5.97 Å². The molecule has 0 aliphatic carbocycles. The monoisotopic (exact) mass is 302 g/mol. The van der Waals surface area contributed by atoms with Crippen LogP contribution in [0.2, 0.25) is 0 Å². The highest BCUT2D eigenvalue weighted by molar-refractivity contribution is 6.12. The molecule has 0 aromatic rings. The molecular weight excluding hydrogens is 284 g/mol. The number of aliphatic carboxylic acids is 1. The second-order valence-electron chi connectivity index (χ2n) is 4.83. The van der Waals surface area contributed by atoms with Crippen LogP contribution in [-0.2, 0) is 23.9 Å². The van der Waals surface area contributed by atoms with E-state index in [0.717, 1.165) is 0 Å². The molecule has 1 aliphatic heterocycles. The van der Waals surface area contributed by atoms with E-state index in [-0.39, 0.29) is 6.42 Å². The predicted octanol–water partition coefficient (Wildman–Crippen LogP) is -3.78. The van der Waals surface area contributed by atoms with E-state index in [1.54, 1.807) is 0 Å². The zero-order chi connectivity index (χ0) is 16.5. The summed E-state index contributed by atoms with van der Waals surface area (Å²) in [6, 6.07) is -3.17. The zero-order valence-electron chi connectivity index (χ0n) is 11.3. The summed E-state index contributed by atoms with van der Waals surface area (Å²) in [4.78, 5) is 45.8. The fourth-order valence-corrected chi connectivity index (χ4v) is 1.80. The first-order valence-corrected chi connectivity index (χ1v) is 6.14. The zero-order valence-corrected chi connectivity index (χ0v) is 11.3. The van der Waals surface area contributed by atoms with E-state index in [1.807, 2.05) is 0 Å². The lowest BCUT2D eigenvalue weighted by Crippen LogP contribution is -2.65. The number of primary amides is 1. The highest BCUT2D eigenvalue weighted by Crippen LogP contribution is 2.24. The van der Waals surface area contributed by atoms with Crippen molar-refractivity contribution < 1.29 is 29.0 Å². The van der Waals surface area contributed by atoms with Gasteiger partial charge in [-0.15, -0.1) is 0 Å². The molecule has 10 nitrogen and oxygen atoms in total. The number of hydrogen-bond donors (Lipinski definition) is 5. The first-order chi connectivity index (χ1) is 9.57. The molecule has 1 amide bonds. The van der Waals surface area contributed by atoms with E-state index in [2.05, 4.69) is 0 Å². The van der Waals surface area contributed by atoms with Crippen LogP contribution in [0.15, 0.2) is 0 Å². The fourth-order valence-electron chi connectivity index (χ4n) is 1.80. The maximum Gasteiger partial charge on any atom is 0.331 e. The first-order valence-electron chi connectivity index (χ1n) is 6.14. The first kappa shape index (κ1) is 17.2. The van der Waals surface area contributed by atoms with Crippen LogP contribution in [0.5, 0.6) is 0 Å². The molecule has 4 unspecified atom stereocenters. The molecule has 0 saturated carbocycles. The molecule has 1 saturated heterocycles. The molecule has 1 rings (SSSR count). The molecule has 0 bridgehead atoms. The van der Waals surface area contributed by atoms with Crippen molar-refractivity contribution in [2.24, 2.45) is 22.9 Å². The van der Waals surface area contributed by atoms with E-state index >= 15 is 0 Å². The normalized spacial score (nSPS) is 26.3. The Hall–Kier alpha value is -1.88. The number of ether oxygens (including phenoxy) is 1. The maximum atomic E-state index is 12.0. The van der Waals surface area contributed by atoms with Gasteiger partial charge < -0.3 is 32.8 Å². The number of hydrogen-bond acceptors (Lipinski definition) is 8. The van der Waals surface area contributed by atoms with E-state index in [4.69, 9.17) is 32.8 Å². The summed E-state index contributed by atoms with van der Waals surface area (Å²) in [6.45, 7) is 1.39. The minimum absolute atomic E-state index is 0.223. The van der Waals surface area contributed by atoms with Crippen LogP contribution in [0.25, 0.3) is 0 Å². The van der Waals surface area contributed by atoms with Crippen LogP contribution in [0.3, 0.4) is 0 Å². The van der Waals surface area contributed by atoms with Gasteiger partial charge in [0, 0.05) is 0 Å². The van der Waals surface area contributed by atoms with E-state index in [9.17, 15) is 19.2 Å². The van der Waals surface area contributed by atoms with Crippen molar-refractivity contribution >= 4 is 23.4 Å². The Balaban J connectivity index is 2.81. The number of Topliss-reactive ketones (excluding diaryl/α,β-unsaturated/α-hetero) is 2. The molecule has 5 atom stereocenters. The Bertz CT molecular complexity index is 495. The third-order valence-electron chi connectivity index (χ3n) is 3.45. The maximum absolute atomic E-state index is 12.0. The minimum Gasteiger partial charge on any atom is -0.480 e. The molecule has 1 heterocycles. The minimum atomic E-state index is -2.23. The van der Waals surface area contributed by atoms with Gasteiger partial charge in [0.05, 0.1) is 12.1 Å². The van der Waals surface area contributed by atoms with Gasteiger partial charge in [0.15, 0.2) is 29.3 Å². The Morgan fingerprint density at radius 3 is 2.05 bits per heavy atom. The number of nitrogens with two attached hydrogens (primary N) is 4. The molecule has 9 N–H and O–H groups in total. The number of carbonyl (C=O) groups excluding carboxylic acids is 3. The van der Waals surface area contributed by atoms with Crippen LogP contribution in [-0.4, -0.2) is 58.4 Å². The van der Waals surface area contributed by atoms with Crippen LogP contribution >= 0.6 is 0 Å². The molecule has 118 valence electrons. The molecule has 10 heteroatoms. The van der Waals surface area contributed by atoms with Gasteiger partial charge in [-0.2, -0.15) is 0 Å². The summed E-state index contributed by atoms with van der Waals surface area (Å²) in [5.41, 5.74) is 19.3. The average Bonchev–Trinajstić information content (AvgIpc) is 3.23. The van der Waals surface area contributed by atoms with Crippen molar-refractivity contribution in [1.82, 2.24) is 0 Å². The van der Waals surface area contributed by atoms with Gasteiger partial charge in [-0.3, -0.25) is 14.4 Å². The Morgan fingerprint density at radius 1 is 1.19 bits per heavy atom. The summed E-state index contributed by atoms with van der Waals surface area (Å²) >= 11 is 0. The van der Waals surface area contributed by atoms with Crippen LogP contribution in [0.4, 0.5) is 0 Å². The van der Waals surface area contributed by atoms with Crippen LogP contribution in [0.1, 0.15) is 13.3 Å². The van der Waals surface area contributed by atoms with Gasteiger partial charge in [0.1, 0.15) is 0 Å². The molecule has 1 fully saturated rings. The molecule has 21 heavy (non-hydrogen) atoms. The van der Waals surface area contributed by atoms with Crippen molar-refractivity contribution in [3.8, 4) is 0 Å². The second kappa shape index (κ2) is 5.85. The number of epoxide rings is 1. The second-order valence-corrected chi connectivity index (χ2v) is 4.83. The van der Waals surface area contributed by atoms with Crippen molar-refractivity contribution in [3.63, 3.8) is 0 Å². The lowest BCUT2D eigenvalue weighted by Gasteiger charge is -2.27. The number of carbonyl (C=O) groups is 4. The summed E-state index contributed by atoms with van der Waals surface area (Å²) in [5, 5.41) is 9.00. The summed E-state index contributed by atoms with van der Waals surface area (Å²) in [6.07, 6.45) is -2.48. The lowest BCUT2D eigenvalue weighted by atomic mass is 9.84. The SMILES string of the molecule is CCC(N)(C(=O)O)C(=O)C(N)C(N)C(=O)C1O[C@@H]1C(N)=O. The number of carboxylic acid groups (broad SMARTS) is 1.